The summed E-state index contributed by atoms with van der Waals surface area (Å²) in [5.41, 5.74) is 4.15. The zero-order valence-corrected chi connectivity index (χ0v) is 15.3. The first-order valence-corrected chi connectivity index (χ1v) is 9.25. The van der Waals surface area contributed by atoms with Crippen molar-refractivity contribution in [3.8, 4) is 11.3 Å². The molecule has 1 aromatic carbocycles. The third-order valence-corrected chi connectivity index (χ3v) is 5.01. The highest BCUT2D eigenvalue weighted by molar-refractivity contribution is 7.09. The van der Waals surface area contributed by atoms with Gasteiger partial charge in [-0.3, -0.25) is 4.79 Å². The summed E-state index contributed by atoms with van der Waals surface area (Å²) in [5, 5.41) is 5.97. The minimum absolute atomic E-state index is 0.130. The summed E-state index contributed by atoms with van der Waals surface area (Å²) in [6.07, 6.45) is 3.83. The van der Waals surface area contributed by atoms with Crippen LogP contribution < -0.4 is 5.32 Å². The fourth-order valence-electron chi connectivity index (χ4n) is 2.80. The highest BCUT2D eigenvalue weighted by Gasteiger charge is 2.15. The molecule has 0 fully saturated rings. The molecule has 0 spiro atoms. The van der Waals surface area contributed by atoms with Gasteiger partial charge in [-0.25, -0.2) is 9.97 Å². The second kappa shape index (κ2) is 6.72. The lowest BCUT2D eigenvalue weighted by molar-refractivity contribution is 0.0939. The molecule has 3 aromatic heterocycles. The number of imidazole rings is 1. The average Bonchev–Trinajstić information content (AvgIpc) is 3.28. The van der Waals surface area contributed by atoms with E-state index in [9.17, 15) is 4.79 Å². The summed E-state index contributed by atoms with van der Waals surface area (Å²) in [7, 11) is 0. The summed E-state index contributed by atoms with van der Waals surface area (Å²) >= 11 is 1.58. The molecule has 0 saturated heterocycles. The number of rotatable bonds is 4. The van der Waals surface area contributed by atoms with Crippen molar-refractivity contribution in [3.05, 3.63) is 76.5 Å². The monoisotopic (exact) mass is 362 g/mol. The first kappa shape index (κ1) is 16.5. The van der Waals surface area contributed by atoms with Gasteiger partial charge in [-0.2, -0.15) is 0 Å². The van der Waals surface area contributed by atoms with Crippen molar-refractivity contribution in [1.82, 2.24) is 19.7 Å². The minimum atomic E-state index is -0.136. The molecule has 1 amide bonds. The first-order chi connectivity index (χ1) is 12.6. The van der Waals surface area contributed by atoms with Crippen molar-refractivity contribution in [3.63, 3.8) is 0 Å². The van der Waals surface area contributed by atoms with E-state index in [1.54, 1.807) is 23.5 Å². The molecule has 6 heteroatoms. The zero-order chi connectivity index (χ0) is 18.1. The van der Waals surface area contributed by atoms with Crippen LogP contribution >= 0.6 is 11.3 Å². The first-order valence-electron chi connectivity index (χ1n) is 8.37. The third kappa shape index (κ3) is 3.23. The third-order valence-electron chi connectivity index (χ3n) is 4.22. The number of aryl methyl sites for hydroxylation is 1. The maximum atomic E-state index is 12.6. The minimum Gasteiger partial charge on any atom is -0.344 e. The standard InChI is InChI=1S/C20H18N4OS/c1-13(18-12-26-14(2)22-18)21-20(25)16-8-9-24-11-17(23-19(24)10-16)15-6-4-3-5-7-15/h3-13H,1-2H3,(H,21,25). The molecule has 0 aliphatic heterocycles. The quantitative estimate of drug-likeness (QED) is 0.590. The van der Waals surface area contributed by atoms with E-state index in [1.807, 2.05) is 66.4 Å². The van der Waals surface area contributed by atoms with E-state index in [4.69, 9.17) is 0 Å². The smallest absolute Gasteiger partial charge is 0.251 e. The van der Waals surface area contributed by atoms with Crippen LogP contribution in [0.2, 0.25) is 0 Å². The molecule has 0 aliphatic rings. The Balaban J connectivity index is 1.57. The number of nitrogens with zero attached hydrogens (tertiary/aromatic N) is 3. The summed E-state index contributed by atoms with van der Waals surface area (Å²) in [6, 6.07) is 13.5. The molecule has 4 rings (SSSR count). The molecular weight excluding hydrogens is 344 g/mol. The maximum Gasteiger partial charge on any atom is 0.251 e. The van der Waals surface area contributed by atoms with Gasteiger partial charge in [0, 0.05) is 28.9 Å². The number of benzene rings is 1. The molecule has 5 nitrogen and oxygen atoms in total. The maximum absolute atomic E-state index is 12.6. The van der Waals surface area contributed by atoms with Gasteiger partial charge in [-0.05, 0) is 26.0 Å². The van der Waals surface area contributed by atoms with E-state index in [1.165, 1.54) is 0 Å². The molecular formula is C20H18N4OS. The predicted octanol–water partition coefficient (Wildman–Crippen LogP) is 4.26. The van der Waals surface area contributed by atoms with Crippen molar-refractivity contribution in [2.75, 3.05) is 0 Å². The molecule has 0 bridgehead atoms. The van der Waals surface area contributed by atoms with E-state index in [0.29, 0.717) is 5.56 Å². The van der Waals surface area contributed by atoms with Crippen LogP contribution in [0, 0.1) is 6.92 Å². The van der Waals surface area contributed by atoms with E-state index >= 15 is 0 Å². The number of hydrogen-bond acceptors (Lipinski definition) is 4. The predicted molar refractivity (Wildman–Crippen MR) is 103 cm³/mol. The van der Waals surface area contributed by atoms with Gasteiger partial charge in [0.05, 0.1) is 22.4 Å². The van der Waals surface area contributed by atoms with Crippen molar-refractivity contribution in [2.45, 2.75) is 19.9 Å². The summed E-state index contributed by atoms with van der Waals surface area (Å²) in [4.78, 5) is 21.7. The Morgan fingerprint density at radius 2 is 2.00 bits per heavy atom. The summed E-state index contributed by atoms with van der Waals surface area (Å²) in [6.45, 7) is 3.90. The van der Waals surface area contributed by atoms with Crippen LogP contribution in [0.25, 0.3) is 16.9 Å². The highest BCUT2D eigenvalue weighted by atomic mass is 32.1. The lowest BCUT2D eigenvalue weighted by Gasteiger charge is -2.11. The van der Waals surface area contributed by atoms with Crippen molar-refractivity contribution >= 4 is 22.9 Å². The van der Waals surface area contributed by atoms with Crippen LogP contribution in [0.1, 0.15) is 34.0 Å². The molecule has 3 heterocycles. The van der Waals surface area contributed by atoms with Crippen LogP contribution in [0.4, 0.5) is 0 Å². The molecule has 26 heavy (non-hydrogen) atoms. The molecule has 0 saturated carbocycles. The summed E-state index contributed by atoms with van der Waals surface area (Å²) < 4.78 is 1.92. The van der Waals surface area contributed by atoms with E-state index in [-0.39, 0.29) is 11.9 Å². The topological polar surface area (TPSA) is 59.3 Å². The van der Waals surface area contributed by atoms with E-state index in [2.05, 4.69) is 15.3 Å². The van der Waals surface area contributed by atoms with Crippen LogP contribution in [0.3, 0.4) is 0 Å². The van der Waals surface area contributed by atoms with Crippen LogP contribution in [-0.4, -0.2) is 20.3 Å². The lowest BCUT2D eigenvalue weighted by atomic mass is 10.2. The number of thiazole rings is 1. The normalized spacial score (nSPS) is 12.2. The van der Waals surface area contributed by atoms with Gasteiger partial charge in [0.25, 0.3) is 5.91 Å². The number of hydrogen-bond donors (Lipinski definition) is 1. The number of pyridine rings is 1. The van der Waals surface area contributed by atoms with E-state index < -0.39 is 0 Å². The number of carbonyl (C=O) groups excluding carboxylic acids is 1. The van der Waals surface area contributed by atoms with Gasteiger partial charge in [0.2, 0.25) is 0 Å². The summed E-state index contributed by atoms with van der Waals surface area (Å²) in [5.74, 6) is -0.130. The van der Waals surface area contributed by atoms with Gasteiger partial charge in [-0.1, -0.05) is 30.3 Å². The van der Waals surface area contributed by atoms with Crippen LogP contribution in [-0.2, 0) is 0 Å². The number of aromatic nitrogens is 3. The molecule has 0 radical (unpaired) electrons. The Labute approximate surface area is 155 Å². The van der Waals surface area contributed by atoms with Gasteiger partial charge in [0.15, 0.2) is 0 Å². The Morgan fingerprint density at radius 3 is 2.73 bits per heavy atom. The molecule has 1 atom stereocenters. The number of fused-ring (bicyclic) bond motifs is 1. The second-order valence-electron chi connectivity index (χ2n) is 6.16. The van der Waals surface area contributed by atoms with Crippen molar-refractivity contribution in [1.29, 1.82) is 0 Å². The fraction of sp³-hybridized carbons (Fsp3) is 0.150. The van der Waals surface area contributed by atoms with Gasteiger partial charge in [-0.15, -0.1) is 11.3 Å². The molecule has 0 aliphatic carbocycles. The fourth-order valence-corrected chi connectivity index (χ4v) is 3.51. The Hall–Kier alpha value is -2.99. The zero-order valence-electron chi connectivity index (χ0n) is 14.5. The number of amides is 1. The van der Waals surface area contributed by atoms with Crippen LogP contribution in [0.5, 0.6) is 0 Å². The Morgan fingerprint density at radius 1 is 1.19 bits per heavy atom. The van der Waals surface area contributed by atoms with Crippen LogP contribution in [0.15, 0.2) is 60.2 Å². The van der Waals surface area contributed by atoms with Crippen molar-refractivity contribution < 1.29 is 4.79 Å². The van der Waals surface area contributed by atoms with Gasteiger partial charge >= 0.3 is 0 Å². The average molecular weight is 362 g/mol. The lowest BCUT2D eigenvalue weighted by Crippen LogP contribution is -2.26. The Kier molecular flexibility index (Phi) is 4.26. The van der Waals surface area contributed by atoms with Gasteiger partial charge in [0.1, 0.15) is 5.65 Å². The molecule has 1 unspecified atom stereocenters. The number of carbonyl (C=O) groups is 1. The number of nitrogens with one attached hydrogen (secondary N) is 1. The SMILES string of the molecule is Cc1nc(C(C)NC(=O)c2ccn3cc(-c4ccccc4)nc3c2)cs1. The highest BCUT2D eigenvalue weighted by Crippen LogP contribution is 2.20. The second-order valence-corrected chi connectivity index (χ2v) is 7.22. The van der Waals surface area contributed by atoms with E-state index in [0.717, 1.165) is 27.6 Å². The van der Waals surface area contributed by atoms with Crippen molar-refractivity contribution in [2.24, 2.45) is 0 Å². The molecule has 1 N–H and O–H groups in total. The molecule has 130 valence electrons. The largest absolute Gasteiger partial charge is 0.344 e. The Bertz CT molecular complexity index is 1070. The molecule has 4 aromatic rings. The van der Waals surface area contributed by atoms with Gasteiger partial charge < -0.3 is 9.72 Å².